The van der Waals surface area contributed by atoms with E-state index in [-0.39, 0.29) is 0 Å². The van der Waals surface area contributed by atoms with E-state index in [1.165, 1.54) is 0 Å². The summed E-state index contributed by atoms with van der Waals surface area (Å²) in [6.07, 6.45) is -4.61. The number of aliphatic hydroxyl groups is 3. The van der Waals surface area contributed by atoms with Gasteiger partial charge in [0, 0.05) is 0 Å². The first-order valence-corrected chi connectivity index (χ1v) is 5.88. The number of methoxy groups -OCH3 is 1. The van der Waals surface area contributed by atoms with Crippen LogP contribution >= 0.6 is 0 Å². The van der Waals surface area contributed by atoms with Crippen molar-refractivity contribution >= 4 is 0 Å². The Kier molecular flexibility index (Phi) is 3.87. The van der Waals surface area contributed by atoms with E-state index in [4.69, 9.17) is 9.47 Å². The Morgan fingerprint density at radius 1 is 1.00 bits per heavy atom. The Labute approximate surface area is 106 Å². The van der Waals surface area contributed by atoms with E-state index < -0.39 is 30.5 Å². The van der Waals surface area contributed by atoms with Gasteiger partial charge in [0.25, 0.3) is 0 Å². The van der Waals surface area contributed by atoms with Gasteiger partial charge in [0.15, 0.2) is 0 Å². The normalized spacial score (nSPS) is 36.4. The summed E-state index contributed by atoms with van der Waals surface area (Å²) in [4.78, 5) is 0. The molecule has 0 saturated carbocycles. The van der Waals surface area contributed by atoms with Crippen molar-refractivity contribution in [3.8, 4) is 5.75 Å². The summed E-state index contributed by atoms with van der Waals surface area (Å²) < 4.78 is 10.6. The van der Waals surface area contributed by atoms with Gasteiger partial charge in [-0.05, 0) is 24.6 Å². The second-order valence-corrected chi connectivity index (χ2v) is 4.51. The highest BCUT2D eigenvalue weighted by Gasteiger charge is 2.42. The molecule has 1 fully saturated rings. The highest BCUT2D eigenvalue weighted by atomic mass is 16.5. The van der Waals surface area contributed by atoms with Crippen LogP contribution in [0.1, 0.15) is 18.6 Å². The summed E-state index contributed by atoms with van der Waals surface area (Å²) in [5.41, 5.74) is 0.737. The molecule has 100 valence electrons. The SMILES string of the molecule is COc1ccc(C2OC(C)C(O)C(O)C2O)cc1. The van der Waals surface area contributed by atoms with E-state index in [1.807, 2.05) is 0 Å². The van der Waals surface area contributed by atoms with Crippen LogP contribution in [0.3, 0.4) is 0 Å². The van der Waals surface area contributed by atoms with Crippen LogP contribution < -0.4 is 4.74 Å². The lowest BCUT2D eigenvalue weighted by atomic mass is 9.91. The molecule has 0 spiro atoms. The van der Waals surface area contributed by atoms with Crippen LogP contribution in [0.4, 0.5) is 0 Å². The quantitative estimate of drug-likeness (QED) is 0.704. The second-order valence-electron chi connectivity index (χ2n) is 4.51. The molecule has 1 aromatic rings. The van der Waals surface area contributed by atoms with Crippen LogP contribution in [-0.4, -0.2) is 46.8 Å². The summed E-state index contributed by atoms with van der Waals surface area (Å²) >= 11 is 0. The lowest BCUT2D eigenvalue weighted by molar-refractivity contribution is -0.219. The van der Waals surface area contributed by atoms with Crippen molar-refractivity contribution in [2.24, 2.45) is 0 Å². The molecule has 2 rings (SSSR count). The third kappa shape index (κ3) is 2.35. The molecule has 1 aliphatic rings. The predicted molar refractivity (Wildman–Crippen MR) is 64.3 cm³/mol. The van der Waals surface area contributed by atoms with Gasteiger partial charge in [-0.25, -0.2) is 0 Å². The van der Waals surface area contributed by atoms with Gasteiger partial charge in [-0.15, -0.1) is 0 Å². The molecular weight excluding hydrogens is 236 g/mol. The number of benzene rings is 1. The number of rotatable bonds is 2. The van der Waals surface area contributed by atoms with Crippen LogP contribution in [0.2, 0.25) is 0 Å². The minimum absolute atomic E-state index is 0.532. The van der Waals surface area contributed by atoms with Crippen LogP contribution in [0.15, 0.2) is 24.3 Å². The van der Waals surface area contributed by atoms with E-state index >= 15 is 0 Å². The van der Waals surface area contributed by atoms with Crippen molar-refractivity contribution in [1.29, 1.82) is 0 Å². The largest absolute Gasteiger partial charge is 0.497 e. The average Bonchev–Trinajstić information content (AvgIpc) is 2.41. The maximum Gasteiger partial charge on any atom is 0.118 e. The molecule has 0 aromatic heterocycles. The monoisotopic (exact) mass is 254 g/mol. The van der Waals surface area contributed by atoms with Crippen molar-refractivity contribution in [3.63, 3.8) is 0 Å². The standard InChI is InChI=1S/C13H18O5/c1-7-10(14)11(15)12(16)13(18-7)8-3-5-9(17-2)6-4-8/h3-7,10-16H,1-2H3. The average molecular weight is 254 g/mol. The molecule has 0 radical (unpaired) electrons. The first-order chi connectivity index (χ1) is 8.54. The number of aliphatic hydroxyl groups excluding tert-OH is 3. The molecule has 5 nitrogen and oxygen atoms in total. The third-order valence-electron chi connectivity index (χ3n) is 3.30. The molecule has 1 saturated heterocycles. The lowest BCUT2D eigenvalue weighted by Crippen LogP contribution is -2.53. The molecule has 0 bridgehead atoms. The van der Waals surface area contributed by atoms with Gasteiger partial charge in [0.1, 0.15) is 30.2 Å². The van der Waals surface area contributed by atoms with Crippen LogP contribution in [0.25, 0.3) is 0 Å². The molecule has 5 unspecified atom stereocenters. The van der Waals surface area contributed by atoms with Gasteiger partial charge in [-0.3, -0.25) is 0 Å². The van der Waals surface area contributed by atoms with Crippen molar-refractivity contribution in [1.82, 2.24) is 0 Å². The third-order valence-corrected chi connectivity index (χ3v) is 3.30. The second kappa shape index (κ2) is 5.24. The van der Waals surface area contributed by atoms with Gasteiger partial charge in [0.2, 0.25) is 0 Å². The maximum atomic E-state index is 9.94. The smallest absolute Gasteiger partial charge is 0.118 e. The Balaban J connectivity index is 2.21. The zero-order valence-corrected chi connectivity index (χ0v) is 10.4. The van der Waals surface area contributed by atoms with Gasteiger partial charge < -0.3 is 24.8 Å². The van der Waals surface area contributed by atoms with Crippen molar-refractivity contribution < 1.29 is 24.8 Å². The highest BCUT2D eigenvalue weighted by Crippen LogP contribution is 2.32. The molecule has 0 aliphatic carbocycles. The number of ether oxygens (including phenoxy) is 2. The van der Waals surface area contributed by atoms with Crippen LogP contribution in [0, 0.1) is 0 Å². The molecule has 5 atom stereocenters. The maximum absolute atomic E-state index is 9.94. The summed E-state index contributed by atoms with van der Waals surface area (Å²) in [7, 11) is 1.57. The molecule has 1 aromatic carbocycles. The summed E-state index contributed by atoms with van der Waals surface area (Å²) in [6.45, 7) is 1.66. The molecule has 3 N–H and O–H groups in total. The molecule has 1 aliphatic heterocycles. The number of hydrogen-bond donors (Lipinski definition) is 3. The van der Waals surface area contributed by atoms with Crippen molar-refractivity contribution in [3.05, 3.63) is 29.8 Å². The molecule has 1 heterocycles. The van der Waals surface area contributed by atoms with Gasteiger partial charge >= 0.3 is 0 Å². The van der Waals surface area contributed by atoms with E-state index in [1.54, 1.807) is 38.3 Å². The fraction of sp³-hybridized carbons (Fsp3) is 0.538. The molecular formula is C13H18O5. The molecule has 18 heavy (non-hydrogen) atoms. The zero-order valence-electron chi connectivity index (χ0n) is 10.4. The first-order valence-electron chi connectivity index (χ1n) is 5.88. The van der Waals surface area contributed by atoms with Gasteiger partial charge in [-0.1, -0.05) is 12.1 Å². The Bertz CT molecular complexity index is 391. The predicted octanol–water partition coefficient (Wildman–Crippen LogP) is 0.238. The topological polar surface area (TPSA) is 79.2 Å². The lowest BCUT2D eigenvalue weighted by Gasteiger charge is -2.39. The Hall–Kier alpha value is -1.14. The molecule has 0 amide bonds. The van der Waals surface area contributed by atoms with Crippen molar-refractivity contribution in [2.45, 2.75) is 37.4 Å². The first kappa shape index (κ1) is 13.3. The van der Waals surface area contributed by atoms with Gasteiger partial charge in [-0.2, -0.15) is 0 Å². The summed E-state index contributed by atoms with van der Waals surface area (Å²) in [5.74, 6) is 0.706. The summed E-state index contributed by atoms with van der Waals surface area (Å²) in [6, 6.07) is 7.05. The highest BCUT2D eigenvalue weighted by molar-refractivity contribution is 5.29. The fourth-order valence-corrected chi connectivity index (χ4v) is 2.12. The van der Waals surface area contributed by atoms with E-state index in [9.17, 15) is 15.3 Å². The zero-order chi connectivity index (χ0) is 13.3. The minimum Gasteiger partial charge on any atom is -0.497 e. The van der Waals surface area contributed by atoms with E-state index in [2.05, 4.69) is 0 Å². The van der Waals surface area contributed by atoms with E-state index in [0.29, 0.717) is 5.75 Å². The number of hydrogen-bond acceptors (Lipinski definition) is 5. The summed E-state index contributed by atoms with van der Waals surface area (Å²) in [5, 5.41) is 29.3. The van der Waals surface area contributed by atoms with Gasteiger partial charge in [0.05, 0.1) is 13.2 Å². The van der Waals surface area contributed by atoms with Crippen LogP contribution in [-0.2, 0) is 4.74 Å². The van der Waals surface area contributed by atoms with Crippen LogP contribution in [0.5, 0.6) is 5.75 Å². The Morgan fingerprint density at radius 3 is 2.17 bits per heavy atom. The fourth-order valence-electron chi connectivity index (χ4n) is 2.12. The van der Waals surface area contributed by atoms with Crippen molar-refractivity contribution in [2.75, 3.05) is 7.11 Å². The minimum atomic E-state index is -1.21. The van der Waals surface area contributed by atoms with E-state index in [0.717, 1.165) is 5.56 Å². The Morgan fingerprint density at radius 2 is 1.61 bits per heavy atom. The molecule has 5 heteroatoms.